The van der Waals surface area contributed by atoms with Gasteiger partial charge in [-0.1, -0.05) is 66.7 Å². The highest BCUT2D eigenvalue weighted by Gasteiger charge is 2.46. The number of hydrogen-bond donors (Lipinski definition) is 1. The summed E-state index contributed by atoms with van der Waals surface area (Å²) < 4.78 is 5.96. The maximum Gasteiger partial charge on any atom is 0.295 e. The van der Waals surface area contributed by atoms with Crippen LogP contribution in [-0.2, 0) is 22.7 Å². The van der Waals surface area contributed by atoms with Crippen molar-refractivity contribution in [3.63, 3.8) is 0 Å². The highest BCUT2D eigenvalue weighted by molar-refractivity contribution is 6.46. The molecule has 3 aromatic carbocycles. The van der Waals surface area contributed by atoms with Gasteiger partial charge in [-0.05, 0) is 53.4 Å². The topological polar surface area (TPSA) is 79.7 Å². The summed E-state index contributed by atoms with van der Waals surface area (Å²) in [6, 6.07) is 27.3. The number of nitrogens with zero attached hydrogens (tertiary/aromatic N) is 2. The van der Waals surface area contributed by atoms with Crippen molar-refractivity contribution < 1.29 is 19.4 Å². The number of ether oxygens (including phenoxy) is 1. The molecule has 1 fully saturated rings. The first-order valence-electron chi connectivity index (χ1n) is 12.0. The van der Waals surface area contributed by atoms with Gasteiger partial charge in [0.05, 0.1) is 11.6 Å². The Kier molecular flexibility index (Phi) is 6.81. The smallest absolute Gasteiger partial charge is 0.295 e. The summed E-state index contributed by atoms with van der Waals surface area (Å²) in [5, 5.41) is 11.4. The van der Waals surface area contributed by atoms with Gasteiger partial charge in [0.2, 0.25) is 0 Å². The predicted molar refractivity (Wildman–Crippen MR) is 140 cm³/mol. The van der Waals surface area contributed by atoms with Crippen molar-refractivity contribution in [2.45, 2.75) is 26.1 Å². The van der Waals surface area contributed by atoms with Crippen molar-refractivity contribution >= 4 is 17.4 Å². The quantitative estimate of drug-likeness (QED) is 0.208. The lowest BCUT2D eigenvalue weighted by Gasteiger charge is -2.25. The summed E-state index contributed by atoms with van der Waals surface area (Å²) in [7, 11) is 0. The van der Waals surface area contributed by atoms with Gasteiger partial charge in [0.15, 0.2) is 0 Å². The van der Waals surface area contributed by atoms with E-state index in [1.54, 1.807) is 36.7 Å². The Balaban J connectivity index is 1.50. The fourth-order valence-corrected chi connectivity index (χ4v) is 4.56. The average Bonchev–Trinajstić information content (AvgIpc) is 3.18. The van der Waals surface area contributed by atoms with Gasteiger partial charge in [0.25, 0.3) is 11.7 Å². The zero-order chi connectivity index (χ0) is 25.8. The third kappa shape index (κ3) is 5.00. The fraction of sp³-hybridized carbons (Fsp3) is 0.129. The fourth-order valence-electron chi connectivity index (χ4n) is 4.56. The number of aryl methyl sites for hydroxylation is 1. The van der Waals surface area contributed by atoms with Crippen LogP contribution in [0.1, 0.15) is 33.9 Å². The number of pyridine rings is 1. The van der Waals surface area contributed by atoms with E-state index in [1.165, 1.54) is 4.90 Å². The van der Waals surface area contributed by atoms with Gasteiger partial charge in [0.1, 0.15) is 18.1 Å². The minimum Gasteiger partial charge on any atom is -0.507 e. The molecule has 2 heterocycles. The molecule has 1 aliphatic rings. The molecule has 6 nitrogen and oxygen atoms in total. The average molecular weight is 491 g/mol. The first kappa shape index (κ1) is 24.0. The number of benzene rings is 3. The number of amides is 1. The minimum atomic E-state index is -0.726. The van der Waals surface area contributed by atoms with Crippen molar-refractivity contribution in [2.75, 3.05) is 0 Å². The van der Waals surface area contributed by atoms with E-state index in [-0.39, 0.29) is 17.9 Å². The van der Waals surface area contributed by atoms with Gasteiger partial charge in [-0.2, -0.15) is 0 Å². The molecule has 0 bridgehead atoms. The van der Waals surface area contributed by atoms with E-state index in [1.807, 2.05) is 73.7 Å². The van der Waals surface area contributed by atoms with Crippen LogP contribution in [0.2, 0.25) is 0 Å². The van der Waals surface area contributed by atoms with Crippen molar-refractivity contribution in [1.82, 2.24) is 9.88 Å². The zero-order valence-electron chi connectivity index (χ0n) is 20.4. The molecule has 4 aromatic rings. The van der Waals surface area contributed by atoms with Crippen molar-refractivity contribution in [3.8, 4) is 5.75 Å². The molecule has 1 N–H and O–H groups in total. The summed E-state index contributed by atoms with van der Waals surface area (Å²) in [6.07, 6.45) is 3.32. The summed E-state index contributed by atoms with van der Waals surface area (Å²) in [6.45, 7) is 2.49. The number of aromatic nitrogens is 1. The van der Waals surface area contributed by atoms with E-state index in [0.29, 0.717) is 17.9 Å². The van der Waals surface area contributed by atoms with E-state index in [9.17, 15) is 14.7 Å². The lowest BCUT2D eigenvalue weighted by Crippen LogP contribution is -2.29. The normalized spacial score (nSPS) is 16.7. The Morgan fingerprint density at radius 2 is 1.62 bits per heavy atom. The van der Waals surface area contributed by atoms with E-state index < -0.39 is 17.7 Å². The summed E-state index contributed by atoms with van der Waals surface area (Å²) >= 11 is 0. The number of ketones is 1. The molecule has 184 valence electrons. The molecule has 1 atom stereocenters. The van der Waals surface area contributed by atoms with Gasteiger partial charge in [0, 0.05) is 24.5 Å². The Hall–Kier alpha value is -4.71. The van der Waals surface area contributed by atoms with Gasteiger partial charge in [-0.3, -0.25) is 14.6 Å². The number of carbonyl (C=O) groups excluding carboxylic acids is 2. The Morgan fingerprint density at radius 3 is 2.30 bits per heavy atom. The first-order chi connectivity index (χ1) is 18.0. The highest BCUT2D eigenvalue weighted by Crippen LogP contribution is 2.40. The molecular formula is C31H26N2O4. The summed E-state index contributed by atoms with van der Waals surface area (Å²) in [5.74, 6) is -0.897. The number of carbonyl (C=O) groups is 2. The van der Waals surface area contributed by atoms with Crippen LogP contribution >= 0.6 is 0 Å². The number of rotatable bonds is 7. The molecule has 6 heteroatoms. The summed E-state index contributed by atoms with van der Waals surface area (Å²) in [4.78, 5) is 32.1. The van der Waals surface area contributed by atoms with Gasteiger partial charge in [-0.25, -0.2) is 0 Å². The van der Waals surface area contributed by atoms with Crippen molar-refractivity contribution in [2.24, 2.45) is 0 Å². The van der Waals surface area contributed by atoms with E-state index in [0.717, 1.165) is 22.3 Å². The third-order valence-electron chi connectivity index (χ3n) is 6.42. The van der Waals surface area contributed by atoms with E-state index >= 15 is 0 Å². The SMILES string of the molecule is Cc1cc(C(O)=C2C(=O)C(=O)N(Cc3cccnc3)[C@H]2c2ccccc2)ccc1OCc1ccccc1. The molecule has 0 spiro atoms. The Bertz CT molecular complexity index is 1450. The molecule has 37 heavy (non-hydrogen) atoms. The largest absolute Gasteiger partial charge is 0.507 e. The minimum absolute atomic E-state index is 0.0671. The third-order valence-corrected chi connectivity index (χ3v) is 6.42. The maximum atomic E-state index is 13.3. The maximum absolute atomic E-state index is 13.3. The van der Waals surface area contributed by atoms with E-state index in [2.05, 4.69) is 4.98 Å². The molecule has 1 aliphatic heterocycles. The van der Waals surface area contributed by atoms with Crippen LogP contribution in [0.3, 0.4) is 0 Å². The molecule has 0 aliphatic carbocycles. The standard InChI is InChI=1S/C31H26N2O4/c1-21-17-25(14-15-26(21)37-20-22-9-4-2-5-10-22)29(34)27-28(24-12-6-3-7-13-24)33(31(36)30(27)35)19-23-11-8-16-32-18-23/h2-18,28,34H,19-20H2,1H3/t28-/m0/s1. The number of aliphatic hydroxyl groups is 1. The van der Waals surface area contributed by atoms with Crippen LogP contribution in [-0.4, -0.2) is 26.7 Å². The number of likely N-dealkylation sites (tertiary alicyclic amines) is 1. The Morgan fingerprint density at radius 1 is 0.919 bits per heavy atom. The second kappa shape index (κ2) is 10.5. The lowest BCUT2D eigenvalue weighted by atomic mass is 9.94. The highest BCUT2D eigenvalue weighted by atomic mass is 16.5. The van der Waals surface area contributed by atoms with Crippen LogP contribution in [0.15, 0.2) is 109 Å². The van der Waals surface area contributed by atoms with Crippen LogP contribution in [0.25, 0.3) is 5.76 Å². The second-order valence-electron chi connectivity index (χ2n) is 8.95. The number of hydrogen-bond acceptors (Lipinski definition) is 5. The molecule has 0 saturated carbocycles. The van der Waals surface area contributed by atoms with Gasteiger partial charge >= 0.3 is 0 Å². The van der Waals surface area contributed by atoms with Crippen LogP contribution in [0.5, 0.6) is 5.75 Å². The molecule has 0 unspecified atom stereocenters. The molecule has 1 saturated heterocycles. The molecule has 1 aromatic heterocycles. The second-order valence-corrected chi connectivity index (χ2v) is 8.95. The van der Waals surface area contributed by atoms with E-state index in [4.69, 9.17) is 4.74 Å². The molecule has 5 rings (SSSR count). The molecule has 0 radical (unpaired) electrons. The lowest BCUT2D eigenvalue weighted by molar-refractivity contribution is -0.140. The molecule has 1 amide bonds. The van der Waals surface area contributed by atoms with Crippen molar-refractivity contribution in [1.29, 1.82) is 0 Å². The molecular weight excluding hydrogens is 464 g/mol. The first-order valence-corrected chi connectivity index (χ1v) is 12.0. The van der Waals surface area contributed by atoms with Gasteiger partial charge < -0.3 is 14.7 Å². The van der Waals surface area contributed by atoms with Gasteiger partial charge in [-0.15, -0.1) is 0 Å². The number of Topliss-reactive ketones (excluding diaryl/α,β-unsaturated/α-hetero) is 1. The predicted octanol–water partition coefficient (Wildman–Crippen LogP) is 5.59. The number of aliphatic hydroxyl groups excluding tert-OH is 1. The monoisotopic (exact) mass is 490 g/mol. The summed E-state index contributed by atoms with van der Waals surface area (Å²) in [5.41, 5.74) is 3.90. The van der Waals surface area contributed by atoms with Crippen LogP contribution < -0.4 is 4.74 Å². The van der Waals surface area contributed by atoms with Crippen molar-refractivity contribution in [3.05, 3.63) is 137 Å². The van der Waals surface area contributed by atoms with Crippen LogP contribution in [0, 0.1) is 6.92 Å². The zero-order valence-corrected chi connectivity index (χ0v) is 20.4. The van der Waals surface area contributed by atoms with Crippen LogP contribution in [0.4, 0.5) is 0 Å². The Labute approximate surface area is 215 Å².